The number of rotatable bonds is 5. The maximum absolute atomic E-state index is 13.1. The van der Waals surface area contributed by atoms with Crippen molar-refractivity contribution in [3.63, 3.8) is 0 Å². The maximum Gasteiger partial charge on any atom is 0.258 e. The standard InChI is InChI=1S/C16H20ClFN2O3/c17-12-9-11(5-6-13(12)18)23-10-14(21)20-16(15(19)22)7-3-1-2-4-8-16/h5-6,9H,1-4,7-8,10H2,(H2,19,22)(H,20,21). The lowest BCUT2D eigenvalue weighted by Crippen LogP contribution is -2.58. The molecule has 0 spiro atoms. The van der Waals surface area contributed by atoms with Crippen LogP contribution in [0, 0.1) is 5.82 Å². The molecule has 2 amide bonds. The van der Waals surface area contributed by atoms with Crippen molar-refractivity contribution in [3.8, 4) is 5.75 Å². The van der Waals surface area contributed by atoms with Crippen LogP contribution in [0.1, 0.15) is 38.5 Å². The fraction of sp³-hybridized carbons (Fsp3) is 0.500. The van der Waals surface area contributed by atoms with Gasteiger partial charge in [0.1, 0.15) is 17.1 Å². The summed E-state index contributed by atoms with van der Waals surface area (Å²) < 4.78 is 18.4. The van der Waals surface area contributed by atoms with Crippen LogP contribution in [0.2, 0.25) is 5.02 Å². The summed E-state index contributed by atoms with van der Waals surface area (Å²) in [7, 11) is 0. The summed E-state index contributed by atoms with van der Waals surface area (Å²) in [5.74, 6) is -1.24. The predicted molar refractivity (Wildman–Crippen MR) is 84.7 cm³/mol. The average Bonchev–Trinajstić information content (AvgIpc) is 2.75. The highest BCUT2D eigenvalue weighted by molar-refractivity contribution is 6.30. The Labute approximate surface area is 139 Å². The van der Waals surface area contributed by atoms with Crippen LogP contribution in [0.25, 0.3) is 0 Å². The van der Waals surface area contributed by atoms with Gasteiger partial charge in [-0.05, 0) is 25.0 Å². The lowest BCUT2D eigenvalue weighted by molar-refractivity contribution is -0.133. The van der Waals surface area contributed by atoms with Crippen LogP contribution in [0.3, 0.4) is 0 Å². The molecule has 2 rings (SSSR count). The number of amides is 2. The van der Waals surface area contributed by atoms with Crippen molar-refractivity contribution in [2.24, 2.45) is 5.73 Å². The van der Waals surface area contributed by atoms with E-state index in [1.54, 1.807) is 0 Å². The normalized spacial score (nSPS) is 17.1. The van der Waals surface area contributed by atoms with E-state index in [0.29, 0.717) is 12.8 Å². The van der Waals surface area contributed by atoms with Crippen molar-refractivity contribution in [3.05, 3.63) is 29.0 Å². The van der Waals surface area contributed by atoms with Crippen molar-refractivity contribution in [1.82, 2.24) is 5.32 Å². The Balaban J connectivity index is 1.96. The lowest BCUT2D eigenvalue weighted by atomic mass is 9.89. The van der Waals surface area contributed by atoms with Gasteiger partial charge in [0.05, 0.1) is 5.02 Å². The van der Waals surface area contributed by atoms with Gasteiger partial charge in [0.2, 0.25) is 5.91 Å². The first-order valence-electron chi connectivity index (χ1n) is 7.62. The van der Waals surface area contributed by atoms with Crippen molar-refractivity contribution in [1.29, 1.82) is 0 Å². The second kappa shape index (κ2) is 7.64. The fourth-order valence-electron chi connectivity index (χ4n) is 2.78. The van der Waals surface area contributed by atoms with E-state index in [9.17, 15) is 14.0 Å². The number of carbonyl (C=O) groups is 2. The minimum Gasteiger partial charge on any atom is -0.484 e. The summed E-state index contributed by atoms with van der Waals surface area (Å²) >= 11 is 5.65. The molecule has 1 aliphatic rings. The highest BCUT2D eigenvalue weighted by Crippen LogP contribution is 2.27. The van der Waals surface area contributed by atoms with Crippen LogP contribution in [0.4, 0.5) is 4.39 Å². The van der Waals surface area contributed by atoms with E-state index in [1.165, 1.54) is 12.1 Å². The molecular weight excluding hydrogens is 323 g/mol. The molecule has 0 aromatic heterocycles. The number of hydrogen-bond donors (Lipinski definition) is 2. The molecule has 1 saturated carbocycles. The molecule has 0 bridgehead atoms. The Hall–Kier alpha value is -1.82. The summed E-state index contributed by atoms with van der Waals surface area (Å²) in [5.41, 5.74) is 4.51. The Morgan fingerprint density at radius 2 is 1.91 bits per heavy atom. The first-order valence-corrected chi connectivity index (χ1v) is 7.99. The van der Waals surface area contributed by atoms with Gasteiger partial charge in [0, 0.05) is 6.07 Å². The van der Waals surface area contributed by atoms with Crippen LogP contribution >= 0.6 is 11.6 Å². The van der Waals surface area contributed by atoms with E-state index >= 15 is 0 Å². The topological polar surface area (TPSA) is 81.4 Å². The molecular formula is C16H20ClFN2O3. The predicted octanol–water partition coefficient (Wildman–Crippen LogP) is 2.55. The third kappa shape index (κ3) is 4.58. The largest absolute Gasteiger partial charge is 0.484 e. The SMILES string of the molecule is NC(=O)C1(NC(=O)COc2ccc(F)c(Cl)c2)CCCCCC1. The Kier molecular flexibility index (Phi) is 5.82. The highest BCUT2D eigenvalue weighted by Gasteiger charge is 2.38. The van der Waals surface area contributed by atoms with Crippen LogP contribution in [0.15, 0.2) is 18.2 Å². The highest BCUT2D eigenvalue weighted by atomic mass is 35.5. The molecule has 23 heavy (non-hydrogen) atoms. The minimum atomic E-state index is -1.00. The molecule has 126 valence electrons. The van der Waals surface area contributed by atoms with Gasteiger partial charge < -0.3 is 15.8 Å². The molecule has 0 aliphatic heterocycles. The molecule has 7 heteroatoms. The van der Waals surface area contributed by atoms with Gasteiger partial charge in [0.25, 0.3) is 5.91 Å². The summed E-state index contributed by atoms with van der Waals surface area (Å²) in [6.07, 6.45) is 4.81. The van der Waals surface area contributed by atoms with Gasteiger partial charge in [-0.3, -0.25) is 9.59 Å². The van der Waals surface area contributed by atoms with Gasteiger partial charge >= 0.3 is 0 Å². The second-order valence-electron chi connectivity index (χ2n) is 5.77. The molecule has 0 saturated heterocycles. The number of halogens is 2. The number of hydrogen-bond acceptors (Lipinski definition) is 3. The van der Waals surface area contributed by atoms with Crippen molar-refractivity contribution in [2.45, 2.75) is 44.1 Å². The van der Waals surface area contributed by atoms with Crippen LogP contribution < -0.4 is 15.8 Å². The maximum atomic E-state index is 13.1. The summed E-state index contributed by atoms with van der Waals surface area (Å²) in [4.78, 5) is 23.9. The monoisotopic (exact) mass is 342 g/mol. The Bertz CT molecular complexity index is 587. The molecule has 1 fully saturated rings. The molecule has 1 aromatic carbocycles. The Morgan fingerprint density at radius 1 is 1.26 bits per heavy atom. The molecule has 1 aliphatic carbocycles. The van der Waals surface area contributed by atoms with E-state index < -0.39 is 23.2 Å². The van der Waals surface area contributed by atoms with Gasteiger partial charge in [-0.1, -0.05) is 37.3 Å². The van der Waals surface area contributed by atoms with Gasteiger partial charge in [0.15, 0.2) is 6.61 Å². The van der Waals surface area contributed by atoms with Crippen LogP contribution in [-0.2, 0) is 9.59 Å². The van der Waals surface area contributed by atoms with E-state index in [1.807, 2.05) is 0 Å². The molecule has 5 nitrogen and oxygen atoms in total. The number of primary amides is 1. The zero-order valence-electron chi connectivity index (χ0n) is 12.7. The fourth-order valence-corrected chi connectivity index (χ4v) is 2.95. The summed E-state index contributed by atoms with van der Waals surface area (Å²) in [5, 5.41) is 2.64. The molecule has 3 N–H and O–H groups in total. The van der Waals surface area contributed by atoms with Crippen LogP contribution in [-0.4, -0.2) is 24.0 Å². The van der Waals surface area contributed by atoms with E-state index in [4.69, 9.17) is 22.1 Å². The van der Waals surface area contributed by atoms with Crippen molar-refractivity contribution in [2.75, 3.05) is 6.61 Å². The zero-order valence-corrected chi connectivity index (χ0v) is 13.5. The summed E-state index contributed by atoms with van der Waals surface area (Å²) in [6, 6.07) is 3.83. The van der Waals surface area contributed by atoms with E-state index in [-0.39, 0.29) is 17.4 Å². The number of nitrogens with two attached hydrogens (primary N) is 1. The molecule has 0 heterocycles. The number of ether oxygens (including phenoxy) is 1. The molecule has 0 atom stereocenters. The van der Waals surface area contributed by atoms with Gasteiger partial charge in [-0.2, -0.15) is 0 Å². The Morgan fingerprint density at radius 3 is 2.48 bits per heavy atom. The van der Waals surface area contributed by atoms with Gasteiger partial charge in [-0.15, -0.1) is 0 Å². The first-order chi connectivity index (χ1) is 10.9. The smallest absolute Gasteiger partial charge is 0.258 e. The average molecular weight is 343 g/mol. The zero-order chi connectivity index (χ0) is 16.9. The van der Waals surface area contributed by atoms with E-state index in [2.05, 4.69) is 5.32 Å². The van der Waals surface area contributed by atoms with Crippen molar-refractivity contribution < 1.29 is 18.7 Å². The second-order valence-corrected chi connectivity index (χ2v) is 6.18. The first kappa shape index (κ1) is 17.5. The molecule has 0 unspecified atom stereocenters. The quantitative estimate of drug-likeness (QED) is 0.807. The molecule has 1 aromatic rings. The lowest BCUT2D eigenvalue weighted by Gasteiger charge is -2.30. The van der Waals surface area contributed by atoms with Crippen LogP contribution in [0.5, 0.6) is 5.75 Å². The summed E-state index contributed by atoms with van der Waals surface area (Å²) in [6.45, 7) is -0.295. The third-order valence-corrected chi connectivity index (χ3v) is 4.36. The van der Waals surface area contributed by atoms with Crippen molar-refractivity contribution >= 4 is 23.4 Å². The third-order valence-electron chi connectivity index (χ3n) is 4.07. The molecule has 0 radical (unpaired) electrons. The van der Waals surface area contributed by atoms with E-state index in [0.717, 1.165) is 31.7 Å². The minimum absolute atomic E-state index is 0.0831. The van der Waals surface area contributed by atoms with Gasteiger partial charge in [-0.25, -0.2) is 4.39 Å². The number of carbonyl (C=O) groups excluding carboxylic acids is 2. The number of nitrogens with one attached hydrogen (secondary N) is 1. The number of benzene rings is 1.